The van der Waals surface area contributed by atoms with Crippen LogP contribution >= 0.6 is 0 Å². The molecule has 0 aliphatic heterocycles. The normalized spacial score (nSPS) is 24.3. The Labute approximate surface area is 109 Å². The van der Waals surface area contributed by atoms with E-state index in [2.05, 4.69) is 10.3 Å². The van der Waals surface area contributed by atoms with E-state index < -0.39 is 9.84 Å². The molecule has 0 spiro atoms. The van der Waals surface area contributed by atoms with Gasteiger partial charge in [-0.25, -0.2) is 8.42 Å². The summed E-state index contributed by atoms with van der Waals surface area (Å²) < 4.78 is 23.3. The van der Waals surface area contributed by atoms with Crippen LogP contribution in [0, 0.1) is 6.92 Å². The smallest absolute Gasteiger partial charge is 0.151 e. The average Bonchev–Trinajstić information content (AvgIpc) is 2.76. The summed E-state index contributed by atoms with van der Waals surface area (Å²) >= 11 is 0. The third kappa shape index (κ3) is 3.09. The molecule has 18 heavy (non-hydrogen) atoms. The summed E-state index contributed by atoms with van der Waals surface area (Å²) in [5, 5.41) is 3.12. The van der Waals surface area contributed by atoms with Crippen LogP contribution in [0.25, 0.3) is 0 Å². The first kappa shape index (κ1) is 13.5. The van der Waals surface area contributed by atoms with E-state index in [1.807, 2.05) is 19.1 Å². The maximum atomic E-state index is 11.7. The zero-order valence-corrected chi connectivity index (χ0v) is 11.7. The van der Waals surface area contributed by atoms with Crippen LogP contribution < -0.4 is 5.32 Å². The lowest BCUT2D eigenvalue weighted by atomic mass is 10.2. The summed E-state index contributed by atoms with van der Waals surface area (Å²) in [6.45, 7) is 2.66. The number of sulfone groups is 1. The maximum absolute atomic E-state index is 11.7. The van der Waals surface area contributed by atoms with E-state index in [0.29, 0.717) is 6.54 Å². The van der Waals surface area contributed by atoms with Crippen LogP contribution in [0.2, 0.25) is 0 Å². The minimum atomic E-state index is -2.95. The number of aryl methyl sites for hydroxylation is 1. The highest BCUT2D eigenvalue weighted by Gasteiger charge is 2.34. The Morgan fingerprint density at radius 1 is 1.44 bits per heavy atom. The monoisotopic (exact) mass is 268 g/mol. The number of aromatic nitrogens is 1. The van der Waals surface area contributed by atoms with Gasteiger partial charge in [0.2, 0.25) is 0 Å². The SMILES string of the molecule is Cc1cccnc1CNC1CCCC1S(C)(=O)=O. The van der Waals surface area contributed by atoms with Crippen molar-refractivity contribution in [1.82, 2.24) is 10.3 Å². The van der Waals surface area contributed by atoms with Gasteiger partial charge in [-0.1, -0.05) is 12.5 Å². The molecule has 1 aromatic rings. The number of hydrogen-bond donors (Lipinski definition) is 1. The fourth-order valence-electron chi connectivity index (χ4n) is 2.60. The molecule has 0 saturated heterocycles. The van der Waals surface area contributed by atoms with Crippen molar-refractivity contribution in [1.29, 1.82) is 0 Å². The molecular formula is C13H20N2O2S. The second kappa shape index (κ2) is 5.36. The fourth-order valence-corrected chi connectivity index (χ4v) is 4.03. The van der Waals surface area contributed by atoms with Gasteiger partial charge < -0.3 is 5.32 Å². The largest absolute Gasteiger partial charge is 0.307 e. The molecule has 2 rings (SSSR count). The van der Waals surface area contributed by atoms with Gasteiger partial charge in [-0.05, 0) is 31.4 Å². The summed E-state index contributed by atoms with van der Waals surface area (Å²) in [5.41, 5.74) is 2.13. The van der Waals surface area contributed by atoms with Crippen molar-refractivity contribution >= 4 is 9.84 Å². The summed E-state index contributed by atoms with van der Waals surface area (Å²) in [6.07, 6.45) is 5.80. The van der Waals surface area contributed by atoms with Crippen LogP contribution in [-0.4, -0.2) is 30.9 Å². The van der Waals surface area contributed by atoms with Crippen LogP contribution in [0.5, 0.6) is 0 Å². The lowest BCUT2D eigenvalue weighted by Gasteiger charge is -2.19. The van der Waals surface area contributed by atoms with Crippen molar-refractivity contribution < 1.29 is 8.42 Å². The van der Waals surface area contributed by atoms with Crippen molar-refractivity contribution in [3.8, 4) is 0 Å². The predicted octanol–water partition coefficient (Wildman–Crippen LogP) is 1.45. The topological polar surface area (TPSA) is 59.1 Å². The summed E-state index contributed by atoms with van der Waals surface area (Å²) in [7, 11) is -2.95. The number of nitrogens with zero attached hydrogens (tertiary/aromatic N) is 1. The summed E-state index contributed by atoms with van der Waals surface area (Å²) in [5.74, 6) is 0. The molecule has 0 amide bonds. The van der Waals surface area contributed by atoms with Crippen molar-refractivity contribution in [2.45, 2.75) is 44.0 Å². The van der Waals surface area contributed by atoms with E-state index in [1.165, 1.54) is 6.26 Å². The molecule has 5 heteroatoms. The Kier molecular flexibility index (Phi) is 4.02. The quantitative estimate of drug-likeness (QED) is 0.898. The third-order valence-corrected chi connectivity index (χ3v) is 5.32. The summed E-state index contributed by atoms with van der Waals surface area (Å²) in [6, 6.07) is 4.00. The van der Waals surface area contributed by atoms with Crippen LogP contribution in [0.15, 0.2) is 18.3 Å². The molecule has 1 saturated carbocycles. The minimum Gasteiger partial charge on any atom is -0.307 e. The molecule has 0 bridgehead atoms. The highest BCUT2D eigenvalue weighted by molar-refractivity contribution is 7.91. The lowest BCUT2D eigenvalue weighted by molar-refractivity contribution is 0.503. The average molecular weight is 268 g/mol. The van der Waals surface area contributed by atoms with Gasteiger partial charge in [0.1, 0.15) is 0 Å². The zero-order chi connectivity index (χ0) is 13.2. The van der Waals surface area contributed by atoms with Crippen LogP contribution in [-0.2, 0) is 16.4 Å². The Morgan fingerprint density at radius 3 is 2.89 bits per heavy atom. The van der Waals surface area contributed by atoms with Crippen LogP contribution in [0.3, 0.4) is 0 Å². The molecule has 0 aromatic carbocycles. The number of pyridine rings is 1. The van der Waals surface area contributed by atoms with Crippen molar-refractivity contribution in [2.75, 3.05) is 6.26 Å². The first-order valence-electron chi connectivity index (χ1n) is 6.31. The van der Waals surface area contributed by atoms with Crippen LogP contribution in [0.4, 0.5) is 0 Å². The molecule has 1 N–H and O–H groups in total. The second-order valence-electron chi connectivity index (χ2n) is 5.05. The highest BCUT2D eigenvalue weighted by Crippen LogP contribution is 2.25. The number of rotatable bonds is 4. The number of nitrogens with one attached hydrogen (secondary N) is 1. The van der Waals surface area contributed by atoms with Gasteiger partial charge in [0.25, 0.3) is 0 Å². The Morgan fingerprint density at radius 2 is 2.22 bits per heavy atom. The molecule has 4 nitrogen and oxygen atoms in total. The van der Waals surface area contributed by atoms with Gasteiger partial charge in [0.05, 0.1) is 10.9 Å². The van der Waals surface area contributed by atoms with Crippen molar-refractivity contribution in [3.05, 3.63) is 29.6 Å². The molecular weight excluding hydrogens is 248 g/mol. The van der Waals surface area contributed by atoms with E-state index in [0.717, 1.165) is 30.5 Å². The van der Waals surface area contributed by atoms with E-state index in [9.17, 15) is 8.42 Å². The van der Waals surface area contributed by atoms with Crippen molar-refractivity contribution in [3.63, 3.8) is 0 Å². The van der Waals surface area contributed by atoms with Gasteiger partial charge in [-0.2, -0.15) is 0 Å². The van der Waals surface area contributed by atoms with E-state index in [1.54, 1.807) is 6.20 Å². The van der Waals surface area contributed by atoms with Gasteiger partial charge >= 0.3 is 0 Å². The van der Waals surface area contributed by atoms with Gasteiger partial charge in [0.15, 0.2) is 9.84 Å². The van der Waals surface area contributed by atoms with E-state index in [-0.39, 0.29) is 11.3 Å². The first-order chi connectivity index (χ1) is 8.48. The van der Waals surface area contributed by atoms with Crippen LogP contribution in [0.1, 0.15) is 30.5 Å². The zero-order valence-electron chi connectivity index (χ0n) is 10.9. The Hall–Kier alpha value is -0.940. The molecule has 2 atom stereocenters. The predicted molar refractivity (Wildman–Crippen MR) is 72.1 cm³/mol. The molecule has 1 aliphatic carbocycles. The Bertz CT molecular complexity index is 513. The third-order valence-electron chi connectivity index (χ3n) is 3.65. The second-order valence-corrected chi connectivity index (χ2v) is 7.32. The molecule has 1 heterocycles. The van der Waals surface area contributed by atoms with E-state index >= 15 is 0 Å². The maximum Gasteiger partial charge on any atom is 0.151 e. The van der Waals surface area contributed by atoms with Gasteiger partial charge in [0, 0.05) is 25.0 Å². The van der Waals surface area contributed by atoms with Gasteiger partial charge in [-0.15, -0.1) is 0 Å². The summed E-state index contributed by atoms with van der Waals surface area (Å²) in [4.78, 5) is 4.31. The lowest BCUT2D eigenvalue weighted by Crippen LogP contribution is -2.39. The number of hydrogen-bond acceptors (Lipinski definition) is 4. The van der Waals surface area contributed by atoms with E-state index in [4.69, 9.17) is 0 Å². The molecule has 0 radical (unpaired) electrons. The highest BCUT2D eigenvalue weighted by atomic mass is 32.2. The Balaban J connectivity index is 2.00. The van der Waals surface area contributed by atoms with Crippen molar-refractivity contribution in [2.24, 2.45) is 0 Å². The molecule has 100 valence electrons. The standard InChI is InChI=1S/C13H20N2O2S/c1-10-5-4-8-14-12(10)9-15-11-6-3-7-13(11)18(2,16)17/h4-5,8,11,13,15H,3,6-7,9H2,1-2H3. The molecule has 1 fully saturated rings. The minimum absolute atomic E-state index is 0.0707. The molecule has 2 unspecified atom stereocenters. The molecule has 1 aliphatic rings. The molecule has 1 aromatic heterocycles. The first-order valence-corrected chi connectivity index (χ1v) is 8.26. The fraction of sp³-hybridized carbons (Fsp3) is 0.615. The van der Waals surface area contributed by atoms with Gasteiger partial charge in [-0.3, -0.25) is 4.98 Å².